The minimum atomic E-state index is -0.0510. The lowest BCUT2D eigenvalue weighted by molar-refractivity contribution is -0.128. The predicted molar refractivity (Wildman–Crippen MR) is 95.3 cm³/mol. The van der Waals surface area contributed by atoms with Crippen LogP contribution in [0.3, 0.4) is 0 Å². The van der Waals surface area contributed by atoms with E-state index < -0.39 is 0 Å². The molecule has 1 aromatic carbocycles. The number of aromatic nitrogens is 2. The number of carbonyl (C=O) groups is 1. The summed E-state index contributed by atoms with van der Waals surface area (Å²) in [5, 5.41) is 4.04. The van der Waals surface area contributed by atoms with E-state index in [9.17, 15) is 4.79 Å². The van der Waals surface area contributed by atoms with Gasteiger partial charge in [-0.3, -0.25) is 4.79 Å². The Balaban J connectivity index is 1.43. The summed E-state index contributed by atoms with van der Waals surface area (Å²) in [6, 6.07) is 12.0. The summed E-state index contributed by atoms with van der Waals surface area (Å²) in [6.45, 7) is 5.55. The molecule has 3 aromatic rings. The molecule has 6 nitrogen and oxygen atoms in total. The van der Waals surface area contributed by atoms with E-state index in [-0.39, 0.29) is 11.8 Å². The van der Waals surface area contributed by atoms with Crippen LogP contribution in [0.15, 0.2) is 51.6 Å². The fourth-order valence-corrected chi connectivity index (χ4v) is 3.23. The number of rotatable bonds is 5. The number of furan rings is 1. The smallest absolute Gasteiger partial charge is 0.293 e. The Kier molecular flexibility index (Phi) is 4.32. The van der Waals surface area contributed by atoms with Gasteiger partial charge in [-0.1, -0.05) is 43.3 Å². The highest BCUT2D eigenvalue weighted by atomic mass is 16.5. The Morgan fingerprint density at radius 1 is 1.23 bits per heavy atom. The maximum atomic E-state index is 12.4. The first-order valence-electron chi connectivity index (χ1n) is 8.84. The van der Waals surface area contributed by atoms with Gasteiger partial charge in [0, 0.05) is 25.4 Å². The summed E-state index contributed by atoms with van der Waals surface area (Å²) >= 11 is 0. The summed E-state index contributed by atoms with van der Waals surface area (Å²) in [5.41, 5.74) is 2.43. The Labute approximate surface area is 151 Å². The molecule has 1 saturated heterocycles. The van der Waals surface area contributed by atoms with Crippen molar-refractivity contribution in [2.75, 3.05) is 6.54 Å². The monoisotopic (exact) mass is 351 g/mol. The van der Waals surface area contributed by atoms with Gasteiger partial charge in [0.2, 0.25) is 5.91 Å². The lowest BCUT2D eigenvalue weighted by Gasteiger charge is -2.16. The van der Waals surface area contributed by atoms with Crippen molar-refractivity contribution in [2.24, 2.45) is 0 Å². The van der Waals surface area contributed by atoms with Crippen LogP contribution in [0.4, 0.5) is 0 Å². The second-order valence-electron chi connectivity index (χ2n) is 7.01. The van der Waals surface area contributed by atoms with Gasteiger partial charge in [0.1, 0.15) is 0 Å². The number of carbonyl (C=O) groups excluding carboxylic acids is 1. The first-order chi connectivity index (χ1) is 12.6. The molecule has 4 rings (SSSR count). The van der Waals surface area contributed by atoms with Gasteiger partial charge in [-0.15, -0.1) is 0 Å². The van der Waals surface area contributed by atoms with Gasteiger partial charge >= 0.3 is 0 Å². The Morgan fingerprint density at radius 3 is 2.73 bits per heavy atom. The van der Waals surface area contributed by atoms with Crippen LogP contribution in [0, 0.1) is 0 Å². The third-order valence-electron chi connectivity index (χ3n) is 4.77. The number of nitrogens with zero attached hydrogens (tertiary/aromatic N) is 3. The Bertz CT molecular complexity index is 881. The van der Waals surface area contributed by atoms with Crippen molar-refractivity contribution in [3.05, 3.63) is 59.6 Å². The molecule has 1 aliphatic heterocycles. The number of hydrogen-bond acceptors (Lipinski definition) is 5. The number of likely N-dealkylation sites (tertiary alicyclic amines) is 1. The molecule has 1 unspecified atom stereocenters. The van der Waals surface area contributed by atoms with Crippen molar-refractivity contribution in [3.63, 3.8) is 0 Å². The first kappa shape index (κ1) is 16.6. The lowest BCUT2D eigenvalue weighted by Crippen LogP contribution is -2.24. The van der Waals surface area contributed by atoms with Crippen LogP contribution in [0.1, 0.15) is 49.1 Å². The molecule has 0 bridgehead atoms. The number of benzene rings is 1. The first-order valence-corrected chi connectivity index (χ1v) is 8.84. The highest BCUT2D eigenvalue weighted by molar-refractivity contribution is 5.79. The highest BCUT2D eigenvalue weighted by Gasteiger charge is 2.34. The molecule has 1 atom stereocenters. The molecule has 1 aliphatic rings. The second kappa shape index (κ2) is 6.78. The van der Waals surface area contributed by atoms with Crippen molar-refractivity contribution < 1.29 is 13.7 Å². The molecule has 2 aromatic heterocycles. The normalized spacial score (nSPS) is 17.4. The Hall–Kier alpha value is -2.89. The molecule has 6 heteroatoms. The molecular weight excluding hydrogens is 330 g/mol. The van der Waals surface area contributed by atoms with Crippen LogP contribution in [-0.2, 0) is 11.3 Å². The standard InChI is InChI=1S/C20H21N3O3/c1-13(2)15-7-5-14(6-8-15)11-23-12-16(10-18(23)24)19-21-20(26-22-19)17-4-3-9-25-17/h3-9,13,16H,10-12H2,1-2H3. The quantitative estimate of drug-likeness (QED) is 0.695. The molecule has 0 aliphatic carbocycles. The molecule has 1 amide bonds. The Morgan fingerprint density at radius 2 is 2.04 bits per heavy atom. The van der Waals surface area contributed by atoms with Gasteiger partial charge in [0.05, 0.1) is 6.26 Å². The summed E-state index contributed by atoms with van der Waals surface area (Å²) in [7, 11) is 0. The average molecular weight is 351 g/mol. The summed E-state index contributed by atoms with van der Waals surface area (Å²) in [6.07, 6.45) is 1.96. The van der Waals surface area contributed by atoms with Crippen LogP contribution in [0.25, 0.3) is 11.7 Å². The van der Waals surface area contributed by atoms with E-state index in [1.807, 2.05) is 4.90 Å². The van der Waals surface area contributed by atoms with Gasteiger partial charge in [0.25, 0.3) is 5.89 Å². The van der Waals surface area contributed by atoms with Gasteiger partial charge < -0.3 is 13.8 Å². The summed E-state index contributed by atoms with van der Waals surface area (Å²) in [4.78, 5) is 18.6. The fraction of sp³-hybridized carbons (Fsp3) is 0.350. The van der Waals surface area contributed by atoms with Crippen LogP contribution < -0.4 is 0 Å². The molecule has 0 N–H and O–H groups in total. The maximum Gasteiger partial charge on any atom is 0.293 e. The SMILES string of the molecule is CC(C)c1ccc(CN2CC(c3noc(-c4ccco4)n3)CC2=O)cc1. The van der Waals surface area contributed by atoms with Gasteiger partial charge in [-0.2, -0.15) is 4.98 Å². The zero-order chi connectivity index (χ0) is 18.1. The summed E-state index contributed by atoms with van der Waals surface area (Å²) < 4.78 is 10.5. The second-order valence-corrected chi connectivity index (χ2v) is 7.01. The maximum absolute atomic E-state index is 12.4. The zero-order valence-corrected chi connectivity index (χ0v) is 14.9. The van der Waals surface area contributed by atoms with E-state index in [1.165, 1.54) is 5.56 Å². The van der Waals surface area contributed by atoms with Gasteiger partial charge in [-0.25, -0.2) is 0 Å². The molecule has 3 heterocycles. The highest BCUT2D eigenvalue weighted by Crippen LogP contribution is 2.29. The van der Waals surface area contributed by atoms with Gasteiger partial charge in [-0.05, 0) is 29.2 Å². The van der Waals surface area contributed by atoms with Crippen LogP contribution in [-0.4, -0.2) is 27.5 Å². The fourth-order valence-electron chi connectivity index (χ4n) is 3.23. The van der Waals surface area contributed by atoms with E-state index in [4.69, 9.17) is 8.94 Å². The van der Waals surface area contributed by atoms with Crippen molar-refractivity contribution in [1.82, 2.24) is 15.0 Å². The molecule has 134 valence electrons. The molecule has 0 spiro atoms. The molecule has 0 radical (unpaired) electrons. The zero-order valence-electron chi connectivity index (χ0n) is 14.9. The molecule has 26 heavy (non-hydrogen) atoms. The molecule has 0 saturated carbocycles. The third kappa shape index (κ3) is 3.27. The lowest BCUT2D eigenvalue weighted by atomic mass is 10.0. The largest absolute Gasteiger partial charge is 0.459 e. The van der Waals surface area contributed by atoms with Crippen molar-refractivity contribution in [3.8, 4) is 11.7 Å². The molecule has 1 fully saturated rings. The van der Waals surface area contributed by atoms with Crippen LogP contribution >= 0.6 is 0 Å². The van der Waals surface area contributed by atoms with Crippen molar-refractivity contribution in [2.45, 2.75) is 38.6 Å². The average Bonchev–Trinajstić information content (AvgIpc) is 3.36. The minimum Gasteiger partial charge on any atom is -0.459 e. The minimum absolute atomic E-state index is 0.0510. The predicted octanol–water partition coefficient (Wildman–Crippen LogP) is 3.97. The summed E-state index contributed by atoms with van der Waals surface area (Å²) in [5.74, 6) is 2.01. The van der Waals surface area contributed by atoms with E-state index in [0.717, 1.165) is 5.56 Å². The van der Waals surface area contributed by atoms with Gasteiger partial charge in [0.15, 0.2) is 11.6 Å². The van der Waals surface area contributed by atoms with Crippen LogP contribution in [0.5, 0.6) is 0 Å². The van der Waals surface area contributed by atoms with E-state index in [2.05, 4.69) is 48.3 Å². The molecular formula is C20H21N3O3. The van der Waals surface area contributed by atoms with Crippen molar-refractivity contribution in [1.29, 1.82) is 0 Å². The van der Waals surface area contributed by atoms with E-state index in [1.54, 1.807) is 18.4 Å². The van der Waals surface area contributed by atoms with E-state index >= 15 is 0 Å². The topological polar surface area (TPSA) is 72.4 Å². The van der Waals surface area contributed by atoms with E-state index in [0.29, 0.717) is 42.9 Å². The van der Waals surface area contributed by atoms with Crippen molar-refractivity contribution >= 4 is 5.91 Å². The number of hydrogen-bond donors (Lipinski definition) is 0. The third-order valence-corrected chi connectivity index (χ3v) is 4.77. The van der Waals surface area contributed by atoms with Crippen LogP contribution in [0.2, 0.25) is 0 Å². The number of amides is 1.